The van der Waals surface area contributed by atoms with Gasteiger partial charge in [0.1, 0.15) is 0 Å². The van der Waals surface area contributed by atoms with Crippen LogP contribution in [0.25, 0.3) is 0 Å². The van der Waals surface area contributed by atoms with Gasteiger partial charge < -0.3 is 24.6 Å². The largest absolute Gasteiger partial charge is 0.362 e. The molecule has 10 heteroatoms. The highest BCUT2D eigenvalue weighted by Gasteiger charge is 2.44. The van der Waals surface area contributed by atoms with Crippen molar-refractivity contribution in [2.45, 2.75) is 33.5 Å². The molecule has 2 N–H and O–H groups in total. The second-order valence-electron chi connectivity index (χ2n) is 5.39. The van der Waals surface area contributed by atoms with Crippen LogP contribution in [0, 0.1) is 0 Å². The van der Waals surface area contributed by atoms with E-state index in [2.05, 4.69) is 10.6 Å². The number of hydrogen-bond acceptors (Lipinski definition) is 5. The van der Waals surface area contributed by atoms with Gasteiger partial charge in [0, 0.05) is 23.8 Å². The number of nitrogens with zero attached hydrogens (tertiary/aromatic N) is 1. The summed E-state index contributed by atoms with van der Waals surface area (Å²) in [5.74, 6) is -1.99. The van der Waals surface area contributed by atoms with Gasteiger partial charge in [-0.1, -0.05) is 11.6 Å². The minimum atomic E-state index is -3.92. The monoisotopic (exact) mass is 419 g/mol. The van der Waals surface area contributed by atoms with Crippen molar-refractivity contribution in [2.75, 3.05) is 31.6 Å². The lowest BCUT2D eigenvalue weighted by Crippen LogP contribution is -2.50. The Morgan fingerprint density at radius 3 is 2.04 bits per heavy atom. The quantitative estimate of drug-likeness (QED) is 0.560. The summed E-state index contributed by atoms with van der Waals surface area (Å²) in [7, 11) is -3.92. The second kappa shape index (κ2) is 11.3. The molecule has 0 fully saturated rings. The van der Waals surface area contributed by atoms with Crippen molar-refractivity contribution < 1.29 is 23.2 Å². The van der Waals surface area contributed by atoms with Gasteiger partial charge >= 0.3 is 13.6 Å². The molecule has 0 radical (unpaired) electrons. The van der Waals surface area contributed by atoms with E-state index in [9.17, 15) is 14.2 Å². The molecule has 0 saturated heterocycles. The van der Waals surface area contributed by atoms with Gasteiger partial charge in [0.15, 0.2) is 0 Å². The molecular formula is C17H27ClN3O5P. The third kappa shape index (κ3) is 6.81. The molecule has 8 nitrogen and oxygen atoms in total. The van der Waals surface area contributed by atoms with E-state index in [0.29, 0.717) is 23.8 Å². The molecule has 0 aliphatic rings. The fourth-order valence-corrected chi connectivity index (χ4v) is 4.28. The van der Waals surface area contributed by atoms with E-state index in [-0.39, 0.29) is 13.2 Å². The molecule has 1 rings (SSSR count). The Balaban J connectivity index is 3.08. The van der Waals surface area contributed by atoms with Crippen molar-refractivity contribution in [3.8, 4) is 0 Å². The number of anilines is 1. The minimum absolute atomic E-state index is 0.0692. The SMILES string of the molecule is CCOP(=O)(OCC)[C@@H](NC(=O)Nc1ccc(Cl)cc1)C(=O)N(CC)CC. The summed E-state index contributed by atoms with van der Waals surface area (Å²) < 4.78 is 23.7. The number of urea groups is 1. The lowest BCUT2D eigenvalue weighted by molar-refractivity contribution is -0.131. The number of likely N-dealkylation sites (N-methyl/N-ethyl adjacent to an activating group) is 1. The van der Waals surface area contributed by atoms with Crippen LogP contribution in [0.15, 0.2) is 24.3 Å². The molecule has 0 saturated carbocycles. The lowest BCUT2D eigenvalue weighted by Gasteiger charge is -2.30. The summed E-state index contributed by atoms with van der Waals surface area (Å²) in [4.78, 5) is 26.7. The Bertz CT molecular complexity index is 657. The maximum absolute atomic E-state index is 13.2. The fourth-order valence-electron chi connectivity index (χ4n) is 2.36. The molecule has 3 amide bonds. The first-order valence-electron chi connectivity index (χ1n) is 8.81. The molecular weight excluding hydrogens is 393 g/mol. The van der Waals surface area contributed by atoms with E-state index in [1.807, 2.05) is 0 Å². The standard InChI is InChI=1S/C17H27ClN3O5P/c1-5-21(6-2)16(22)15(27(24,25-7-3)26-8-4)20-17(23)19-14-11-9-13(18)10-12-14/h9-12,15H,5-8H2,1-4H3,(H2,19,20,23)/t15-/m1/s1. The predicted octanol–water partition coefficient (Wildman–Crippen LogP) is 3.92. The van der Waals surface area contributed by atoms with Gasteiger partial charge in [-0.25, -0.2) is 4.79 Å². The maximum atomic E-state index is 13.2. The topological polar surface area (TPSA) is 97.0 Å². The van der Waals surface area contributed by atoms with E-state index in [1.165, 1.54) is 4.90 Å². The van der Waals surface area contributed by atoms with Crippen molar-refractivity contribution in [1.82, 2.24) is 10.2 Å². The second-order valence-corrected chi connectivity index (χ2v) is 7.94. The van der Waals surface area contributed by atoms with Crippen LogP contribution in [0.5, 0.6) is 0 Å². The molecule has 27 heavy (non-hydrogen) atoms. The average molecular weight is 420 g/mol. The number of nitrogens with one attached hydrogen (secondary N) is 2. The third-order valence-electron chi connectivity index (χ3n) is 3.61. The summed E-state index contributed by atoms with van der Waals surface area (Å²) in [6, 6.07) is 5.73. The predicted molar refractivity (Wildman–Crippen MR) is 106 cm³/mol. The zero-order chi connectivity index (χ0) is 20.4. The normalized spacial score (nSPS) is 12.3. The van der Waals surface area contributed by atoms with Crippen LogP contribution >= 0.6 is 19.2 Å². The molecule has 1 atom stereocenters. The molecule has 0 aliphatic heterocycles. The van der Waals surface area contributed by atoms with Crippen LogP contribution in [0.2, 0.25) is 5.02 Å². The van der Waals surface area contributed by atoms with Crippen LogP contribution < -0.4 is 10.6 Å². The van der Waals surface area contributed by atoms with Crippen molar-refractivity contribution in [3.63, 3.8) is 0 Å². The Labute approximate surface area is 165 Å². The summed E-state index contributed by atoms with van der Waals surface area (Å²) in [5, 5.41) is 5.55. The molecule has 1 aromatic carbocycles. The zero-order valence-electron chi connectivity index (χ0n) is 16.0. The van der Waals surface area contributed by atoms with Crippen LogP contribution in [0.4, 0.5) is 10.5 Å². The maximum Gasteiger partial charge on any atom is 0.362 e. The highest BCUT2D eigenvalue weighted by molar-refractivity contribution is 7.55. The van der Waals surface area contributed by atoms with E-state index < -0.39 is 25.3 Å². The molecule has 152 valence electrons. The van der Waals surface area contributed by atoms with Crippen molar-refractivity contribution >= 4 is 36.8 Å². The molecule has 0 heterocycles. The number of carbonyl (C=O) groups is 2. The first-order chi connectivity index (χ1) is 12.8. The highest BCUT2D eigenvalue weighted by Crippen LogP contribution is 2.52. The Morgan fingerprint density at radius 2 is 1.59 bits per heavy atom. The fraction of sp³-hybridized carbons (Fsp3) is 0.529. The van der Waals surface area contributed by atoms with Gasteiger partial charge in [0.05, 0.1) is 13.2 Å². The van der Waals surface area contributed by atoms with Gasteiger partial charge in [-0.15, -0.1) is 0 Å². The third-order valence-corrected chi connectivity index (χ3v) is 6.08. The lowest BCUT2D eigenvalue weighted by atomic mass is 10.3. The number of rotatable bonds is 10. The molecule has 0 bridgehead atoms. The smallest absolute Gasteiger partial charge is 0.341 e. The van der Waals surface area contributed by atoms with Gasteiger partial charge in [0.25, 0.3) is 5.91 Å². The zero-order valence-corrected chi connectivity index (χ0v) is 17.7. The Hall–Kier alpha value is -1.60. The van der Waals surface area contributed by atoms with Gasteiger partial charge in [-0.3, -0.25) is 9.36 Å². The number of benzene rings is 1. The van der Waals surface area contributed by atoms with E-state index in [1.54, 1.807) is 52.0 Å². The minimum Gasteiger partial charge on any atom is -0.341 e. The number of carbonyl (C=O) groups excluding carboxylic acids is 2. The van der Waals surface area contributed by atoms with Gasteiger partial charge in [0.2, 0.25) is 5.78 Å². The molecule has 0 unspecified atom stereocenters. The summed E-state index contributed by atoms with van der Waals surface area (Å²) in [5.41, 5.74) is 0.466. The van der Waals surface area contributed by atoms with E-state index in [0.717, 1.165) is 0 Å². The highest BCUT2D eigenvalue weighted by atomic mass is 35.5. The molecule has 1 aromatic rings. The number of amides is 3. The number of halogens is 1. The molecule has 0 spiro atoms. The van der Waals surface area contributed by atoms with E-state index in [4.69, 9.17) is 20.6 Å². The Morgan fingerprint density at radius 1 is 1.07 bits per heavy atom. The first-order valence-corrected chi connectivity index (χ1v) is 10.8. The van der Waals surface area contributed by atoms with Crippen molar-refractivity contribution in [1.29, 1.82) is 0 Å². The Kier molecular flexibility index (Phi) is 9.80. The van der Waals surface area contributed by atoms with Crippen LogP contribution in [0.1, 0.15) is 27.7 Å². The summed E-state index contributed by atoms with van der Waals surface area (Å²) in [6.45, 7) is 7.78. The van der Waals surface area contributed by atoms with Gasteiger partial charge in [-0.2, -0.15) is 0 Å². The summed E-state index contributed by atoms with van der Waals surface area (Å²) in [6.07, 6.45) is 0. The van der Waals surface area contributed by atoms with Crippen LogP contribution in [0.3, 0.4) is 0 Å². The van der Waals surface area contributed by atoms with Crippen molar-refractivity contribution in [3.05, 3.63) is 29.3 Å². The van der Waals surface area contributed by atoms with E-state index >= 15 is 0 Å². The summed E-state index contributed by atoms with van der Waals surface area (Å²) >= 11 is 5.82. The van der Waals surface area contributed by atoms with Gasteiger partial charge in [-0.05, 0) is 52.0 Å². The number of hydrogen-bond donors (Lipinski definition) is 2. The van der Waals surface area contributed by atoms with Crippen LogP contribution in [-0.2, 0) is 18.4 Å². The first kappa shape index (κ1) is 23.4. The molecule has 0 aromatic heterocycles. The van der Waals surface area contributed by atoms with Crippen molar-refractivity contribution in [2.24, 2.45) is 0 Å². The average Bonchev–Trinajstić information content (AvgIpc) is 2.63. The molecule has 0 aliphatic carbocycles. The van der Waals surface area contributed by atoms with Crippen LogP contribution in [-0.4, -0.2) is 48.9 Å².